The molecule has 1 heterocycles. The fraction of sp³-hybridized carbons (Fsp3) is 0.550. The first-order valence-corrected chi connectivity index (χ1v) is 13.4. The number of esters is 1. The van der Waals surface area contributed by atoms with Crippen LogP contribution in [0.3, 0.4) is 0 Å². The molecule has 29 heavy (non-hydrogen) atoms. The van der Waals surface area contributed by atoms with E-state index in [-0.39, 0.29) is 11.2 Å². The largest absolute Gasteiger partial charge is 0.463 e. The number of hydrogen-bond acceptors (Lipinski definition) is 8. The van der Waals surface area contributed by atoms with Gasteiger partial charge >= 0.3 is 5.97 Å². The maximum absolute atomic E-state index is 11.8. The molecule has 1 fully saturated rings. The van der Waals surface area contributed by atoms with Crippen LogP contribution < -0.4 is 0 Å². The van der Waals surface area contributed by atoms with Gasteiger partial charge in [0.25, 0.3) is 10.1 Å². The molecule has 2 atom stereocenters. The molecule has 0 unspecified atom stereocenters. The molecule has 1 aliphatic rings. The van der Waals surface area contributed by atoms with Crippen LogP contribution in [0, 0.1) is 0 Å². The van der Waals surface area contributed by atoms with Crippen molar-refractivity contribution in [3.63, 3.8) is 0 Å². The number of carbonyl (C=O) groups is 1. The second-order valence-electron chi connectivity index (χ2n) is 6.47. The SMILES string of the molecule is CCOC(=O)/C=C/[C@@H](OS(C)(=O)=O)[C@@H](CC1SCCCS1)OCc1ccccc1. The summed E-state index contributed by atoms with van der Waals surface area (Å²) in [5.41, 5.74) is 0.980. The second-order valence-corrected chi connectivity index (χ2v) is 11.0. The van der Waals surface area contributed by atoms with Gasteiger partial charge in [0.2, 0.25) is 0 Å². The Bertz CT molecular complexity index is 745. The quantitative estimate of drug-likeness (QED) is 0.281. The molecule has 1 saturated heterocycles. The lowest BCUT2D eigenvalue weighted by Crippen LogP contribution is -2.34. The fourth-order valence-electron chi connectivity index (χ4n) is 2.72. The van der Waals surface area contributed by atoms with E-state index in [4.69, 9.17) is 13.7 Å². The van der Waals surface area contributed by atoms with Crippen molar-refractivity contribution in [1.82, 2.24) is 0 Å². The van der Waals surface area contributed by atoms with E-state index in [0.29, 0.717) is 13.0 Å². The van der Waals surface area contributed by atoms with Gasteiger partial charge in [-0.25, -0.2) is 4.79 Å². The van der Waals surface area contributed by atoms with E-state index in [1.54, 1.807) is 6.92 Å². The number of benzene rings is 1. The average Bonchev–Trinajstić information content (AvgIpc) is 2.69. The third kappa shape index (κ3) is 10.0. The van der Waals surface area contributed by atoms with E-state index in [1.165, 1.54) is 12.2 Å². The van der Waals surface area contributed by atoms with Crippen LogP contribution in [-0.4, -0.2) is 55.5 Å². The van der Waals surface area contributed by atoms with Crippen molar-refractivity contribution in [2.45, 2.75) is 43.2 Å². The summed E-state index contributed by atoms with van der Waals surface area (Å²) in [6.07, 6.45) is 3.95. The summed E-state index contributed by atoms with van der Waals surface area (Å²) in [5, 5.41) is 0. The Morgan fingerprint density at radius 3 is 2.55 bits per heavy atom. The van der Waals surface area contributed by atoms with Gasteiger partial charge in [-0.2, -0.15) is 8.42 Å². The highest BCUT2D eigenvalue weighted by Crippen LogP contribution is 2.35. The van der Waals surface area contributed by atoms with Gasteiger partial charge in [-0.05, 0) is 42.9 Å². The highest BCUT2D eigenvalue weighted by molar-refractivity contribution is 8.17. The molecule has 2 rings (SSSR count). The molecular weight excluding hydrogens is 432 g/mol. The van der Waals surface area contributed by atoms with Gasteiger partial charge in [-0.3, -0.25) is 4.18 Å². The number of thioether (sulfide) groups is 2. The third-order valence-electron chi connectivity index (χ3n) is 3.99. The van der Waals surface area contributed by atoms with Gasteiger partial charge in [0.15, 0.2) is 0 Å². The number of hydrogen-bond donors (Lipinski definition) is 0. The van der Waals surface area contributed by atoms with Gasteiger partial charge in [0.1, 0.15) is 6.10 Å². The van der Waals surface area contributed by atoms with E-state index in [0.717, 1.165) is 29.7 Å². The Morgan fingerprint density at radius 1 is 1.24 bits per heavy atom. The Kier molecular flexibility index (Phi) is 10.6. The zero-order valence-electron chi connectivity index (χ0n) is 16.7. The Labute approximate surface area is 181 Å². The predicted octanol–water partition coefficient (Wildman–Crippen LogP) is 3.62. The Hall–Kier alpha value is -1.00. The molecule has 1 aliphatic heterocycles. The smallest absolute Gasteiger partial charge is 0.330 e. The lowest BCUT2D eigenvalue weighted by Gasteiger charge is -2.29. The maximum atomic E-state index is 11.8. The number of carbonyl (C=O) groups excluding carboxylic acids is 1. The lowest BCUT2D eigenvalue weighted by atomic mass is 10.1. The fourth-order valence-corrected chi connectivity index (χ4v) is 6.26. The molecule has 0 spiro atoms. The summed E-state index contributed by atoms with van der Waals surface area (Å²) < 4.78 is 40.3. The zero-order valence-corrected chi connectivity index (χ0v) is 19.1. The molecule has 162 valence electrons. The van der Waals surface area contributed by atoms with Gasteiger partial charge in [-0.15, -0.1) is 23.5 Å². The predicted molar refractivity (Wildman–Crippen MR) is 118 cm³/mol. The molecule has 0 saturated carbocycles. The van der Waals surface area contributed by atoms with Crippen molar-refractivity contribution < 1.29 is 26.9 Å². The summed E-state index contributed by atoms with van der Waals surface area (Å²) in [6, 6.07) is 9.66. The lowest BCUT2D eigenvalue weighted by molar-refractivity contribution is -0.137. The summed E-state index contributed by atoms with van der Waals surface area (Å²) in [6.45, 7) is 2.27. The van der Waals surface area contributed by atoms with Crippen LogP contribution in [0.25, 0.3) is 0 Å². The minimum Gasteiger partial charge on any atom is -0.463 e. The van der Waals surface area contributed by atoms with Crippen LogP contribution in [0.5, 0.6) is 0 Å². The first-order chi connectivity index (χ1) is 13.9. The van der Waals surface area contributed by atoms with Crippen molar-refractivity contribution in [3.05, 3.63) is 48.0 Å². The van der Waals surface area contributed by atoms with Crippen molar-refractivity contribution in [2.75, 3.05) is 24.4 Å². The van der Waals surface area contributed by atoms with E-state index < -0.39 is 28.3 Å². The molecule has 1 aromatic rings. The van der Waals surface area contributed by atoms with Crippen molar-refractivity contribution in [1.29, 1.82) is 0 Å². The van der Waals surface area contributed by atoms with Gasteiger partial charge in [-0.1, -0.05) is 30.3 Å². The van der Waals surface area contributed by atoms with E-state index >= 15 is 0 Å². The zero-order chi connectivity index (χ0) is 21.1. The van der Waals surface area contributed by atoms with Crippen LogP contribution >= 0.6 is 23.5 Å². The molecule has 0 aromatic heterocycles. The van der Waals surface area contributed by atoms with E-state index in [2.05, 4.69) is 0 Å². The second kappa shape index (κ2) is 12.6. The average molecular weight is 461 g/mol. The van der Waals surface area contributed by atoms with Gasteiger partial charge in [0.05, 0.1) is 30.2 Å². The molecule has 9 heteroatoms. The molecule has 0 amide bonds. The molecule has 1 aromatic carbocycles. The number of rotatable bonds is 11. The molecule has 0 N–H and O–H groups in total. The molecule has 0 aliphatic carbocycles. The standard InChI is InChI=1S/C20H28O6S3/c1-3-24-19(21)11-10-17(26-29(2,22)23)18(14-20-27-12-7-13-28-20)25-15-16-8-5-4-6-9-16/h4-6,8-11,17-18,20H,3,7,12-15H2,1-2H3/b11-10+/t17-,18-/m1/s1. The molecule has 6 nitrogen and oxygen atoms in total. The van der Waals surface area contributed by atoms with Crippen LogP contribution in [0.1, 0.15) is 25.3 Å². The van der Waals surface area contributed by atoms with Crippen LogP contribution in [0.4, 0.5) is 0 Å². The Balaban J connectivity index is 2.18. The van der Waals surface area contributed by atoms with Crippen LogP contribution in [-0.2, 0) is 35.2 Å². The first-order valence-electron chi connectivity index (χ1n) is 9.49. The molecule has 0 bridgehead atoms. The van der Waals surface area contributed by atoms with Crippen molar-refractivity contribution in [3.8, 4) is 0 Å². The maximum Gasteiger partial charge on any atom is 0.330 e. The monoisotopic (exact) mass is 460 g/mol. The minimum atomic E-state index is -3.75. The topological polar surface area (TPSA) is 78.9 Å². The van der Waals surface area contributed by atoms with Gasteiger partial charge < -0.3 is 9.47 Å². The summed E-state index contributed by atoms with van der Waals surface area (Å²) in [7, 11) is -3.75. The number of ether oxygens (including phenoxy) is 2. The third-order valence-corrected chi connectivity index (χ3v) is 7.55. The molecular formula is C20H28O6S3. The van der Waals surface area contributed by atoms with Crippen molar-refractivity contribution >= 4 is 39.6 Å². The summed E-state index contributed by atoms with van der Waals surface area (Å²) >= 11 is 3.69. The molecule has 0 radical (unpaired) electrons. The minimum absolute atomic E-state index is 0.240. The Morgan fingerprint density at radius 2 is 1.93 bits per heavy atom. The highest BCUT2D eigenvalue weighted by Gasteiger charge is 2.29. The van der Waals surface area contributed by atoms with Crippen LogP contribution in [0.2, 0.25) is 0 Å². The first kappa shape index (κ1) is 24.3. The van der Waals surface area contributed by atoms with E-state index in [9.17, 15) is 13.2 Å². The van der Waals surface area contributed by atoms with Crippen molar-refractivity contribution in [2.24, 2.45) is 0 Å². The van der Waals surface area contributed by atoms with Gasteiger partial charge in [0, 0.05) is 6.08 Å². The van der Waals surface area contributed by atoms with Crippen LogP contribution in [0.15, 0.2) is 42.5 Å². The highest BCUT2D eigenvalue weighted by atomic mass is 32.2. The van der Waals surface area contributed by atoms with E-state index in [1.807, 2.05) is 53.9 Å². The summed E-state index contributed by atoms with van der Waals surface area (Å²) in [5.74, 6) is 1.59. The summed E-state index contributed by atoms with van der Waals surface area (Å²) in [4.78, 5) is 11.7. The normalized spacial score (nSPS) is 17.9.